The number of nitro groups is 1. The molecule has 132 valence electrons. The minimum atomic E-state index is -0.376. The van der Waals surface area contributed by atoms with Crippen molar-refractivity contribution in [2.24, 2.45) is 0 Å². The Morgan fingerprint density at radius 1 is 1.12 bits per heavy atom. The van der Waals surface area contributed by atoms with E-state index in [4.69, 9.17) is 12.2 Å². The normalized spacial score (nSPS) is 14.6. The van der Waals surface area contributed by atoms with Gasteiger partial charge >= 0.3 is 0 Å². The van der Waals surface area contributed by atoms with Gasteiger partial charge in [0.05, 0.1) is 21.0 Å². The second-order valence-electron chi connectivity index (χ2n) is 6.37. The first-order chi connectivity index (χ1) is 12.4. The summed E-state index contributed by atoms with van der Waals surface area (Å²) in [5, 5.41) is 10.9. The summed E-state index contributed by atoms with van der Waals surface area (Å²) in [6.45, 7) is 4.39. The van der Waals surface area contributed by atoms with Crippen LogP contribution in [-0.2, 0) is 5.54 Å². The monoisotopic (exact) mass is 418 g/mol. The summed E-state index contributed by atoms with van der Waals surface area (Å²) in [6.07, 6.45) is 0. The van der Waals surface area contributed by atoms with Crippen LogP contribution in [-0.4, -0.2) is 4.92 Å². The minimum Gasteiger partial charge on any atom is -0.301 e. The van der Waals surface area contributed by atoms with Gasteiger partial charge in [-0.2, -0.15) is 0 Å². The molecule has 8 heteroatoms. The van der Waals surface area contributed by atoms with Gasteiger partial charge < -0.3 is 4.31 Å². The fraction of sp³-hybridized carbons (Fsp3) is 0.167. The van der Waals surface area contributed by atoms with Crippen molar-refractivity contribution < 1.29 is 4.92 Å². The van der Waals surface area contributed by atoms with Gasteiger partial charge in [-0.15, -0.1) is 0 Å². The van der Waals surface area contributed by atoms with Crippen LogP contribution in [0.3, 0.4) is 0 Å². The zero-order valence-electron chi connectivity index (χ0n) is 14.0. The largest absolute Gasteiger partial charge is 0.301 e. The van der Waals surface area contributed by atoms with Crippen LogP contribution in [0.15, 0.2) is 53.4 Å². The molecular formula is C18H14N2O2S4. The van der Waals surface area contributed by atoms with Crippen molar-refractivity contribution in [2.45, 2.75) is 24.3 Å². The third-order valence-corrected chi connectivity index (χ3v) is 8.98. The summed E-state index contributed by atoms with van der Waals surface area (Å²) in [5.74, 6) is 0. The molecule has 0 fully saturated rings. The Morgan fingerprint density at radius 3 is 2.50 bits per heavy atom. The van der Waals surface area contributed by atoms with Crippen molar-refractivity contribution in [1.82, 2.24) is 0 Å². The Morgan fingerprint density at radius 2 is 1.81 bits per heavy atom. The second kappa shape index (κ2) is 6.45. The van der Waals surface area contributed by atoms with Crippen molar-refractivity contribution in [3.63, 3.8) is 0 Å². The highest BCUT2D eigenvalue weighted by Gasteiger charge is 2.40. The van der Waals surface area contributed by atoms with Gasteiger partial charge in [0.1, 0.15) is 3.82 Å². The molecule has 1 aliphatic rings. The predicted octanol–water partition coefficient (Wildman–Crippen LogP) is 6.88. The van der Waals surface area contributed by atoms with Crippen LogP contribution in [0.5, 0.6) is 0 Å². The first kappa shape index (κ1) is 17.7. The zero-order valence-corrected chi connectivity index (χ0v) is 17.2. The highest BCUT2D eigenvalue weighted by molar-refractivity contribution is 8.00. The third-order valence-electron chi connectivity index (χ3n) is 4.33. The standard InChI is InChI=1S/C18H14N2O2S4/c1-18(2)16-15(17(23)26-25-16)13-5-3-4-6-14(13)19(18)24-12-9-7-11(8-10-12)20(21)22/h3-10H,1-2H3. The molecule has 0 amide bonds. The molecule has 0 saturated carbocycles. The molecule has 1 aromatic heterocycles. The maximum absolute atomic E-state index is 10.9. The van der Waals surface area contributed by atoms with Crippen molar-refractivity contribution in [3.8, 4) is 11.1 Å². The van der Waals surface area contributed by atoms with Gasteiger partial charge in [-0.05, 0) is 44.0 Å². The number of non-ortho nitro benzene ring substituents is 1. The molecule has 4 rings (SSSR count). The van der Waals surface area contributed by atoms with Crippen LogP contribution >= 0.6 is 44.8 Å². The number of nitro benzene ring substituents is 1. The highest BCUT2D eigenvalue weighted by atomic mass is 32.9. The van der Waals surface area contributed by atoms with Crippen LogP contribution in [0.25, 0.3) is 11.1 Å². The summed E-state index contributed by atoms with van der Waals surface area (Å²) in [7, 11) is 3.38. The number of anilines is 1. The van der Waals surface area contributed by atoms with Crippen molar-refractivity contribution >= 4 is 56.2 Å². The molecule has 0 radical (unpaired) electrons. The fourth-order valence-electron chi connectivity index (χ4n) is 3.05. The SMILES string of the molecule is CC1(C)c2ssc(=S)c2-c2ccccc2N1Sc1ccc([N+](=O)[O-])cc1. The lowest BCUT2D eigenvalue weighted by molar-refractivity contribution is -0.384. The summed E-state index contributed by atoms with van der Waals surface area (Å²) in [5.41, 5.74) is 3.31. The lowest BCUT2D eigenvalue weighted by atomic mass is 9.90. The van der Waals surface area contributed by atoms with Crippen molar-refractivity contribution in [3.05, 3.63) is 67.3 Å². The maximum Gasteiger partial charge on any atom is 0.269 e. The number of nitrogens with zero attached hydrogens (tertiary/aromatic N) is 2. The molecule has 2 aromatic carbocycles. The zero-order chi connectivity index (χ0) is 18.5. The minimum absolute atomic E-state index is 0.103. The van der Waals surface area contributed by atoms with E-state index in [1.807, 2.05) is 12.1 Å². The first-order valence-electron chi connectivity index (χ1n) is 7.85. The Balaban J connectivity index is 1.81. The number of para-hydroxylation sites is 1. The molecule has 0 unspecified atom stereocenters. The van der Waals surface area contributed by atoms with Gasteiger partial charge in [0.25, 0.3) is 5.69 Å². The summed E-state index contributed by atoms with van der Waals surface area (Å²) < 4.78 is 3.22. The third kappa shape index (κ3) is 2.77. The van der Waals surface area contributed by atoms with E-state index in [2.05, 4.69) is 30.3 Å². The van der Waals surface area contributed by atoms with E-state index in [1.54, 1.807) is 56.9 Å². The van der Waals surface area contributed by atoms with Gasteiger partial charge in [-0.25, -0.2) is 0 Å². The maximum atomic E-state index is 10.9. The van der Waals surface area contributed by atoms with Gasteiger partial charge in [0.2, 0.25) is 0 Å². The Labute approximate surface area is 167 Å². The molecule has 0 saturated heterocycles. The number of hydrogen-bond acceptors (Lipinski definition) is 7. The number of hydrogen-bond donors (Lipinski definition) is 0. The number of fused-ring (bicyclic) bond motifs is 3. The highest BCUT2D eigenvalue weighted by Crippen LogP contribution is 2.55. The molecule has 2 heterocycles. The molecule has 3 aromatic rings. The predicted molar refractivity (Wildman–Crippen MR) is 113 cm³/mol. The average Bonchev–Trinajstić information content (AvgIpc) is 3.02. The molecule has 0 N–H and O–H groups in total. The van der Waals surface area contributed by atoms with E-state index in [1.165, 1.54) is 10.4 Å². The van der Waals surface area contributed by atoms with Crippen LogP contribution in [0.4, 0.5) is 11.4 Å². The Hall–Kier alpha value is -1.74. The van der Waals surface area contributed by atoms with Crippen molar-refractivity contribution in [1.29, 1.82) is 0 Å². The molecule has 0 bridgehead atoms. The summed E-state index contributed by atoms with van der Waals surface area (Å²) >= 11 is 7.19. The average molecular weight is 419 g/mol. The van der Waals surface area contributed by atoms with Crippen LogP contribution in [0, 0.1) is 13.9 Å². The molecule has 0 atom stereocenters. The molecule has 0 spiro atoms. The lowest BCUT2D eigenvalue weighted by Crippen LogP contribution is -2.38. The van der Waals surface area contributed by atoms with Crippen LogP contribution in [0.1, 0.15) is 18.7 Å². The van der Waals surface area contributed by atoms with Crippen LogP contribution < -0.4 is 4.31 Å². The van der Waals surface area contributed by atoms with E-state index >= 15 is 0 Å². The molecular weight excluding hydrogens is 404 g/mol. The fourth-order valence-corrected chi connectivity index (χ4v) is 7.43. The van der Waals surface area contributed by atoms with E-state index in [-0.39, 0.29) is 16.1 Å². The van der Waals surface area contributed by atoms with E-state index in [0.717, 1.165) is 20.0 Å². The molecule has 0 aliphatic carbocycles. The lowest BCUT2D eigenvalue weighted by Gasteiger charge is -2.43. The Kier molecular flexibility index (Phi) is 4.38. The summed E-state index contributed by atoms with van der Waals surface area (Å²) in [6, 6.07) is 15.0. The van der Waals surface area contributed by atoms with E-state index in [9.17, 15) is 10.1 Å². The Bertz CT molecular complexity index is 1050. The number of benzene rings is 2. The summed E-state index contributed by atoms with van der Waals surface area (Å²) in [4.78, 5) is 12.7. The topological polar surface area (TPSA) is 46.4 Å². The first-order valence-corrected chi connectivity index (χ1v) is 11.2. The van der Waals surface area contributed by atoms with Gasteiger partial charge in [0.15, 0.2) is 0 Å². The number of rotatable bonds is 3. The van der Waals surface area contributed by atoms with Gasteiger partial charge in [0, 0.05) is 28.2 Å². The smallest absolute Gasteiger partial charge is 0.269 e. The van der Waals surface area contributed by atoms with Gasteiger partial charge in [-0.3, -0.25) is 10.1 Å². The molecule has 26 heavy (non-hydrogen) atoms. The van der Waals surface area contributed by atoms with E-state index in [0.29, 0.717) is 0 Å². The van der Waals surface area contributed by atoms with Gasteiger partial charge in [-0.1, -0.05) is 51.1 Å². The quantitative estimate of drug-likeness (QED) is 0.153. The molecule has 4 nitrogen and oxygen atoms in total. The second-order valence-corrected chi connectivity index (χ2v) is 10.2. The van der Waals surface area contributed by atoms with Crippen LogP contribution in [0.2, 0.25) is 0 Å². The van der Waals surface area contributed by atoms with Crippen molar-refractivity contribution in [2.75, 3.05) is 4.31 Å². The van der Waals surface area contributed by atoms with E-state index < -0.39 is 0 Å². The molecule has 1 aliphatic heterocycles.